The summed E-state index contributed by atoms with van der Waals surface area (Å²) in [5, 5.41) is 11.1. The topological polar surface area (TPSA) is 72.0 Å². The van der Waals surface area contributed by atoms with Crippen molar-refractivity contribution in [2.45, 2.75) is 57.0 Å². The summed E-state index contributed by atoms with van der Waals surface area (Å²) in [5.74, 6) is -0.286. The number of rotatable bonds is 7. The predicted molar refractivity (Wildman–Crippen MR) is 112 cm³/mol. The molecule has 2 saturated carbocycles. The van der Waals surface area contributed by atoms with E-state index in [9.17, 15) is 22.8 Å². The summed E-state index contributed by atoms with van der Waals surface area (Å²) in [6, 6.07) is 8.43. The van der Waals surface area contributed by atoms with Crippen molar-refractivity contribution in [3.8, 4) is 0 Å². The van der Waals surface area contributed by atoms with E-state index in [-0.39, 0.29) is 23.1 Å². The van der Waals surface area contributed by atoms with Crippen LogP contribution in [0.2, 0.25) is 0 Å². The Morgan fingerprint density at radius 3 is 2.28 bits per heavy atom. The third-order valence-corrected chi connectivity index (χ3v) is 6.47. The van der Waals surface area contributed by atoms with Gasteiger partial charge in [-0.05, 0) is 56.2 Å². The van der Waals surface area contributed by atoms with Gasteiger partial charge in [-0.25, -0.2) is 0 Å². The smallest absolute Gasteiger partial charge is 0.351 e. The van der Waals surface area contributed by atoms with E-state index < -0.39 is 23.4 Å². The van der Waals surface area contributed by atoms with Gasteiger partial charge in [-0.1, -0.05) is 31.0 Å². The highest BCUT2D eigenvalue weighted by Gasteiger charge is 2.37. The van der Waals surface area contributed by atoms with Crippen LogP contribution in [0.3, 0.4) is 0 Å². The molecule has 0 aliphatic heterocycles. The summed E-state index contributed by atoms with van der Waals surface area (Å²) in [7, 11) is 0. The molecule has 0 radical (unpaired) electrons. The number of Topliss-reactive ketones (excluding diaryl/α,β-unsaturated/α-hetero) is 1. The molecule has 32 heavy (non-hydrogen) atoms. The van der Waals surface area contributed by atoms with Crippen molar-refractivity contribution < 1.29 is 22.8 Å². The monoisotopic (exact) mass is 445 g/mol. The quantitative estimate of drug-likeness (QED) is 0.596. The minimum absolute atomic E-state index is 0.0800. The molecule has 0 unspecified atom stereocenters. The maximum Gasteiger partial charge on any atom is 0.417 e. The van der Waals surface area contributed by atoms with Crippen molar-refractivity contribution in [2.75, 3.05) is 6.54 Å². The number of nitrogens with one attached hydrogen (secondary N) is 1. The fourth-order valence-corrected chi connectivity index (χ4v) is 4.38. The van der Waals surface area contributed by atoms with E-state index in [1.807, 2.05) is 0 Å². The number of halogens is 3. The molecule has 2 aliphatic rings. The minimum Gasteiger partial charge on any atom is -0.351 e. The summed E-state index contributed by atoms with van der Waals surface area (Å²) < 4.78 is 39.8. The SMILES string of the molecule is O=C(NCCC1CC1)c1ccc(C2CCC(C(=O)c3ccccc3C(F)(F)F)CC2)nn1. The third-order valence-electron chi connectivity index (χ3n) is 6.47. The van der Waals surface area contributed by atoms with Crippen LogP contribution in [0.1, 0.15) is 83.0 Å². The lowest BCUT2D eigenvalue weighted by atomic mass is 9.77. The fraction of sp³-hybridized carbons (Fsp3) is 0.500. The number of alkyl halides is 3. The molecule has 170 valence electrons. The Hall–Kier alpha value is -2.77. The second kappa shape index (κ2) is 9.38. The summed E-state index contributed by atoms with van der Waals surface area (Å²) in [4.78, 5) is 24.9. The molecule has 0 bridgehead atoms. The van der Waals surface area contributed by atoms with E-state index in [0.29, 0.717) is 32.2 Å². The highest BCUT2D eigenvalue weighted by molar-refractivity contribution is 5.99. The van der Waals surface area contributed by atoms with Crippen LogP contribution in [0.15, 0.2) is 36.4 Å². The van der Waals surface area contributed by atoms with Gasteiger partial charge in [0.2, 0.25) is 0 Å². The van der Waals surface area contributed by atoms with Crippen molar-refractivity contribution in [3.05, 3.63) is 58.9 Å². The molecule has 1 aromatic carbocycles. The maximum atomic E-state index is 13.3. The van der Waals surface area contributed by atoms with Crippen LogP contribution in [-0.4, -0.2) is 28.4 Å². The molecule has 2 fully saturated rings. The predicted octanol–water partition coefficient (Wildman–Crippen LogP) is 5.18. The van der Waals surface area contributed by atoms with E-state index in [2.05, 4.69) is 15.5 Å². The van der Waals surface area contributed by atoms with Crippen LogP contribution in [-0.2, 0) is 6.18 Å². The molecule has 1 N–H and O–H groups in total. The molecule has 5 nitrogen and oxygen atoms in total. The van der Waals surface area contributed by atoms with E-state index in [1.54, 1.807) is 12.1 Å². The van der Waals surface area contributed by atoms with Crippen molar-refractivity contribution in [1.29, 1.82) is 0 Å². The van der Waals surface area contributed by atoms with E-state index in [0.717, 1.165) is 24.1 Å². The zero-order valence-electron chi connectivity index (χ0n) is 17.7. The third kappa shape index (κ3) is 5.34. The normalized spacial score (nSPS) is 21.2. The van der Waals surface area contributed by atoms with Gasteiger partial charge in [-0.3, -0.25) is 9.59 Å². The Morgan fingerprint density at radius 1 is 0.938 bits per heavy atom. The van der Waals surface area contributed by atoms with Crippen molar-refractivity contribution in [2.24, 2.45) is 11.8 Å². The van der Waals surface area contributed by atoms with Crippen LogP contribution in [0.4, 0.5) is 13.2 Å². The Morgan fingerprint density at radius 2 is 1.66 bits per heavy atom. The second-order valence-corrected chi connectivity index (χ2v) is 8.79. The lowest BCUT2D eigenvalue weighted by Crippen LogP contribution is -2.26. The molecule has 0 saturated heterocycles. The number of hydrogen-bond donors (Lipinski definition) is 1. The van der Waals surface area contributed by atoms with Gasteiger partial charge >= 0.3 is 6.18 Å². The average Bonchev–Trinajstić information content (AvgIpc) is 3.63. The first-order valence-corrected chi connectivity index (χ1v) is 11.1. The summed E-state index contributed by atoms with van der Waals surface area (Å²) in [6.45, 7) is 0.641. The Balaban J connectivity index is 1.32. The standard InChI is InChI=1S/C24H26F3N3O2/c25-24(26,27)19-4-2-1-3-18(19)22(31)17-9-7-16(8-10-17)20-11-12-21(30-29-20)23(32)28-14-13-15-5-6-15/h1-4,11-12,15-17H,5-10,13-14H2,(H,28,32). The lowest BCUT2D eigenvalue weighted by Gasteiger charge is -2.27. The van der Waals surface area contributed by atoms with E-state index >= 15 is 0 Å². The molecule has 1 amide bonds. The van der Waals surface area contributed by atoms with Crippen LogP contribution in [0, 0.1) is 11.8 Å². The Bertz CT molecular complexity index is 963. The molecule has 4 rings (SSSR count). The van der Waals surface area contributed by atoms with Gasteiger partial charge in [-0.2, -0.15) is 18.3 Å². The van der Waals surface area contributed by atoms with Crippen molar-refractivity contribution in [3.63, 3.8) is 0 Å². The summed E-state index contributed by atoms with van der Waals surface area (Å²) in [6.07, 6.45) is 1.22. The fourth-order valence-electron chi connectivity index (χ4n) is 4.38. The Labute approximate surface area is 184 Å². The number of hydrogen-bond acceptors (Lipinski definition) is 4. The van der Waals surface area contributed by atoms with Gasteiger partial charge in [0.1, 0.15) is 0 Å². The summed E-state index contributed by atoms with van der Waals surface area (Å²) in [5.41, 5.74) is -0.0948. The van der Waals surface area contributed by atoms with Gasteiger partial charge in [-0.15, -0.1) is 5.10 Å². The molecular formula is C24H26F3N3O2. The molecule has 0 spiro atoms. The number of carbonyl (C=O) groups excluding carboxylic acids is 2. The highest BCUT2D eigenvalue weighted by Crippen LogP contribution is 2.39. The van der Waals surface area contributed by atoms with Crippen LogP contribution >= 0.6 is 0 Å². The van der Waals surface area contributed by atoms with Crippen LogP contribution < -0.4 is 5.32 Å². The molecule has 2 aliphatic carbocycles. The number of aromatic nitrogens is 2. The van der Waals surface area contributed by atoms with Gasteiger partial charge in [0, 0.05) is 23.9 Å². The molecule has 2 aromatic rings. The first-order valence-electron chi connectivity index (χ1n) is 11.1. The minimum atomic E-state index is -4.55. The largest absolute Gasteiger partial charge is 0.417 e. The first kappa shape index (κ1) is 22.4. The van der Waals surface area contributed by atoms with Crippen LogP contribution in [0.5, 0.6) is 0 Å². The van der Waals surface area contributed by atoms with Gasteiger partial charge in [0.05, 0.1) is 11.3 Å². The second-order valence-electron chi connectivity index (χ2n) is 8.79. The lowest BCUT2D eigenvalue weighted by molar-refractivity contribution is -0.138. The number of nitrogens with zero attached hydrogens (tertiary/aromatic N) is 2. The molecule has 1 heterocycles. The number of carbonyl (C=O) groups is 2. The molecule has 0 atom stereocenters. The number of benzene rings is 1. The number of amides is 1. The van der Waals surface area contributed by atoms with Crippen molar-refractivity contribution >= 4 is 11.7 Å². The Kier molecular flexibility index (Phi) is 6.58. The van der Waals surface area contributed by atoms with E-state index in [1.165, 1.54) is 31.0 Å². The van der Waals surface area contributed by atoms with Crippen molar-refractivity contribution in [1.82, 2.24) is 15.5 Å². The average molecular weight is 445 g/mol. The zero-order valence-corrected chi connectivity index (χ0v) is 17.7. The molecule has 8 heteroatoms. The summed E-state index contributed by atoms with van der Waals surface area (Å²) >= 11 is 0. The first-order chi connectivity index (χ1) is 15.3. The van der Waals surface area contributed by atoms with Gasteiger partial charge in [0.25, 0.3) is 5.91 Å². The number of ketones is 1. The zero-order chi connectivity index (χ0) is 22.7. The van der Waals surface area contributed by atoms with E-state index in [4.69, 9.17) is 0 Å². The highest BCUT2D eigenvalue weighted by atomic mass is 19.4. The van der Waals surface area contributed by atoms with Gasteiger partial charge in [0.15, 0.2) is 11.5 Å². The van der Waals surface area contributed by atoms with Gasteiger partial charge < -0.3 is 5.32 Å². The van der Waals surface area contributed by atoms with Crippen LogP contribution in [0.25, 0.3) is 0 Å². The molecule has 1 aromatic heterocycles. The molecular weight excluding hydrogens is 419 g/mol. The maximum absolute atomic E-state index is 13.3.